The molecule has 2 aromatic rings. The third-order valence-electron chi connectivity index (χ3n) is 2.12. The number of nitrogens with zero attached hydrogens (tertiary/aromatic N) is 2. The van der Waals surface area contributed by atoms with Crippen molar-refractivity contribution in [1.29, 1.82) is 0 Å². The summed E-state index contributed by atoms with van der Waals surface area (Å²) in [4.78, 5) is 31.3. The second-order valence-corrected chi connectivity index (χ2v) is 4.31. The molecule has 6 nitrogen and oxygen atoms in total. The zero-order chi connectivity index (χ0) is 13.7. The molecule has 0 spiro atoms. The van der Waals surface area contributed by atoms with E-state index in [-0.39, 0.29) is 18.0 Å². The maximum atomic E-state index is 11.9. The van der Waals surface area contributed by atoms with E-state index in [0.717, 1.165) is 0 Å². The summed E-state index contributed by atoms with van der Waals surface area (Å²) in [7, 11) is 0. The lowest BCUT2D eigenvalue weighted by Crippen LogP contribution is -2.16. The Labute approximate surface area is 113 Å². The molecule has 0 aliphatic carbocycles. The highest BCUT2D eigenvalue weighted by Crippen LogP contribution is 2.12. The Bertz CT molecular complexity index is 584. The zero-order valence-corrected chi connectivity index (χ0v) is 10.9. The predicted octanol–water partition coefficient (Wildman–Crippen LogP) is 1.97. The van der Waals surface area contributed by atoms with E-state index in [2.05, 4.69) is 15.3 Å². The summed E-state index contributed by atoms with van der Waals surface area (Å²) < 4.78 is 4.83. The minimum Gasteiger partial charge on any atom is -0.461 e. The fraction of sp³-hybridized carbons (Fsp3) is 0.167. The summed E-state index contributed by atoms with van der Waals surface area (Å²) in [6.45, 7) is 1.97. The lowest BCUT2D eigenvalue weighted by molar-refractivity contribution is 0.0519. The fourth-order valence-corrected chi connectivity index (χ4v) is 1.85. The van der Waals surface area contributed by atoms with Gasteiger partial charge in [-0.3, -0.25) is 10.1 Å². The monoisotopic (exact) mass is 277 g/mol. The van der Waals surface area contributed by atoms with E-state index in [0.29, 0.717) is 5.13 Å². The molecule has 1 N–H and O–H groups in total. The second kappa shape index (κ2) is 6.05. The Morgan fingerprint density at radius 3 is 2.84 bits per heavy atom. The zero-order valence-electron chi connectivity index (χ0n) is 10.1. The van der Waals surface area contributed by atoms with Crippen molar-refractivity contribution in [3.8, 4) is 0 Å². The van der Waals surface area contributed by atoms with Crippen LogP contribution in [0, 0.1) is 0 Å². The van der Waals surface area contributed by atoms with Gasteiger partial charge < -0.3 is 4.74 Å². The number of hydrogen-bond acceptors (Lipinski definition) is 6. The molecule has 2 heterocycles. The summed E-state index contributed by atoms with van der Waals surface area (Å²) in [5.74, 6) is -0.965. The highest BCUT2D eigenvalue weighted by Gasteiger charge is 2.13. The predicted molar refractivity (Wildman–Crippen MR) is 70.3 cm³/mol. The minimum atomic E-state index is -0.550. The van der Waals surface area contributed by atoms with Crippen LogP contribution in [0.1, 0.15) is 27.9 Å². The van der Waals surface area contributed by atoms with Gasteiger partial charge in [-0.2, -0.15) is 0 Å². The average molecular weight is 277 g/mol. The minimum absolute atomic E-state index is 0.105. The Balaban J connectivity index is 2.14. The molecule has 98 valence electrons. The summed E-state index contributed by atoms with van der Waals surface area (Å²) >= 11 is 1.30. The Morgan fingerprint density at radius 2 is 2.16 bits per heavy atom. The maximum absolute atomic E-state index is 11.9. The number of anilines is 1. The van der Waals surface area contributed by atoms with Crippen molar-refractivity contribution < 1.29 is 14.3 Å². The number of hydrogen-bond donors (Lipinski definition) is 1. The normalized spacial score (nSPS) is 9.95. The van der Waals surface area contributed by atoms with Crippen LogP contribution in [0.4, 0.5) is 5.13 Å². The van der Waals surface area contributed by atoms with Crippen LogP contribution in [-0.4, -0.2) is 28.5 Å². The average Bonchev–Trinajstić information content (AvgIpc) is 2.92. The number of esters is 1. The van der Waals surface area contributed by atoms with Crippen molar-refractivity contribution in [2.75, 3.05) is 11.9 Å². The van der Waals surface area contributed by atoms with E-state index in [9.17, 15) is 9.59 Å². The van der Waals surface area contributed by atoms with Crippen LogP contribution in [0.25, 0.3) is 0 Å². The molecule has 0 unspecified atom stereocenters. The molecule has 0 aliphatic rings. The highest BCUT2D eigenvalue weighted by atomic mass is 32.1. The number of amides is 1. The van der Waals surface area contributed by atoms with Gasteiger partial charge in [-0.05, 0) is 19.1 Å². The van der Waals surface area contributed by atoms with Crippen LogP contribution >= 0.6 is 11.3 Å². The van der Waals surface area contributed by atoms with E-state index < -0.39 is 11.9 Å². The number of carbonyl (C=O) groups is 2. The Kier molecular flexibility index (Phi) is 4.19. The van der Waals surface area contributed by atoms with Crippen molar-refractivity contribution in [1.82, 2.24) is 9.97 Å². The molecule has 0 fully saturated rings. The van der Waals surface area contributed by atoms with Gasteiger partial charge >= 0.3 is 5.97 Å². The third kappa shape index (κ3) is 3.35. The van der Waals surface area contributed by atoms with Gasteiger partial charge in [0.1, 0.15) is 11.4 Å². The molecule has 0 atom stereocenters. The van der Waals surface area contributed by atoms with Gasteiger partial charge in [-0.25, -0.2) is 14.8 Å². The number of nitrogens with one attached hydrogen (secondary N) is 1. The van der Waals surface area contributed by atoms with Crippen molar-refractivity contribution in [3.63, 3.8) is 0 Å². The summed E-state index contributed by atoms with van der Waals surface area (Å²) in [5.41, 5.74) is 0.245. The summed E-state index contributed by atoms with van der Waals surface area (Å²) in [6, 6.07) is 4.60. The van der Waals surface area contributed by atoms with E-state index in [4.69, 9.17) is 4.74 Å². The lowest BCUT2D eigenvalue weighted by atomic mass is 10.3. The molecule has 0 aromatic carbocycles. The smallest absolute Gasteiger partial charge is 0.356 e. The molecule has 0 radical (unpaired) electrons. The topological polar surface area (TPSA) is 81.2 Å². The van der Waals surface area contributed by atoms with Gasteiger partial charge in [-0.15, -0.1) is 11.3 Å². The summed E-state index contributed by atoms with van der Waals surface area (Å²) in [6.07, 6.45) is 1.59. The molecule has 0 saturated heterocycles. The van der Waals surface area contributed by atoms with Gasteiger partial charge in [0, 0.05) is 11.6 Å². The van der Waals surface area contributed by atoms with Crippen molar-refractivity contribution >= 4 is 28.3 Å². The van der Waals surface area contributed by atoms with Crippen LogP contribution in [-0.2, 0) is 4.74 Å². The van der Waals surface area contributed by atoms with Crippen LogP contribution < -0.4 is 5.32 Å². The number of aromatic nitrogens is 2. The number of thiazole rings is 1. The molecular weight excluding hydrogens is 266 g/mol. The van der Waals surface area contributed by atoms with Crippen molar-refractivity contribution in [2.24, 2.45) is 0 Å². The van der Waals surface area contributed by atoms with Gasteiger partial charge in [0.05, 0.1) is 6.61 Å². The molecular formula is C12H11N3O3S. The third-order valence-corrected chi connectivity index (χ3v) is 2.81. The van der Waals surface area contributed by atoms with E-state index in [1.807, 2.05) is 0 Å². The second-order valence-electron chi connectivity index (χ2n) is 3.42. The fourth-order valence-electron chi connectivity index (χ4n) is 1.33. The van der Waals surface area contributed by atoms with Gasteiger partial charge in [-0.1, -0.05) is 6.07 Å². The number of pyridine rings is 1. The number of rotatable bonds is 4. The van der Waals surface area contributed by atoms with E-state index in [1.54, 1.807) is 24.6 Å². The quantitative estimate of drug-likeness (QED) is 0.864. The van der Waals surface area contributed by atoms with Crippen molar-refractivity contribution in [3.05, 3.63) is 41.2 Å². The molecule has 0 saturated carbocycles. The first-order valence-electron chi connectivity index (χ1n) is 5.55. The molecule has 7 heteroatoms. The Hall–Kier alpha value is -2.28. The van der Waals surface area contributed by atoms with E-state index >= 15 is 0 Å². The van der Waals surface area contributed by atoms with Gasteiger partial charge in [0.2, 0.25) is 0 Å². The number of ether oxygens (including phenoxy) is 1. The molecule has 2 rings (SSSR count). The van der Waals surface area contributed by atoms with Crippen LogP contribution in [0.15, 0.2) is 29.8 Å². The van der Waals surface area contributed by atoms with Gasteiger partial charge in [0.25, 0.3) is 5.91 Å². The first-order chi connectivity index (χ1) is 9.20. The first kappa shape index (κ1) is 13.2. The number of carbonyl (C=O) groups excluding carboxylic acids is 2. The van der Waals surface area contributed by atoms with Crippen molar-refractivity contribution in [2.45, 2.75) is 6.92 Å². The maximum Gasteiger partial charge on any atom is 0.356 e. The molecule has 2 aromatic heterocycles. The summed E-state index contributed by atoms with van der Waals surface area (Å²) in [5, 5.41) is 4.82. The van der Waals surface area contributed by atoms with Crippen LogP contribution in [0.3, 0.4) is 0 Å². The first-order valence-corrected chi connectivity index (χ1v) is 6.43. The van der Waals surface area contributed by atoms with Crippen LogP contribution in [0.5, 0.6) is 0 Å². The highest BCUT2D eigenvalue weighted by molar-refractivity contribution is 7.13. The largest absolute Gasteiger partial charge is 0.461 e. The molecule has 0 bridgehead atoms. The standard InChI is InChI=1S/C12H11N3O3S/c1-2-18-11(17)9-5-3-4-8(14-9)10(16)15-12-13-6-7-19-12/h3-7H,2H2,1H3,(H,13,15,16). The molecule has 19 heavy (non-hydrogen) atoms. The Morgan fingerprint density at radius 1 is 1.37 bits per heavy atom. The molecule has 1 amide bonds. The lowest BCUT2D eigenvalue weighted by Gasteiger charge is -2.04. The SMILES string of the molecule is CCOC(=O)c1cccc(C(=O)Nc2nccs2)n1. The van der Waals surface area contributed by atoms with Crippen LogP contribution in [0.2, 0.25) is 0 Å². The van der Waals surface area contributed by atoms with Gasteiger partial charge in [0.15, 0.2) is 5.13 Å². The van der Waals surface area contributed by atoms with E-state index in [1.165, 1.54) is 23.5 Å². The molecule has 0 aliphatic heterocycles.